The topological polar surface area (TPSA) is 61.8 Å². The van der Waals surface area contributed by atoms with E-state index in [-0.39, 0.29) is 6.04 Å². The molecule has 0 aromatic heterocycles. The molecule has 3 N–H and O–H groups in total. The Labute approximate surface area is 94.8 Å². The number of hydrogen-bond acceptors (Lipinski definition) is 3. The second-order valence-corrected chi connectivity index (χ2v) is 3.72. The molecule has 0 saturated heterocycles. The molecule has 0 bridgehead atoms. The quantitative estimate of drug-likeness (QED) is 0.824. The Bertz CT molecular complexity index is 367. The van der Waals surface area contributed by atoms with Crippen LogP contribution in [-0.2, 0) is 0 Å². The van der Waals surface area contributed by atoms with Crippen molar-refractivity contribution in [2.75, 3.05) is 11.9 Å². The molecule has 0 spiro atoms. The number of rotatable bonds is 4. The Morgan fingerprint density at radius 2 is 2.33 bits per heavy atom. The maximum Gasteiger partial charge on any atom is 0.101 e. The lowest BCUT2D eigenvalue weighted by Gasteiger charge is -2.17. The number of halogens is 1. The van der Waals surface area contributed by atoms with Crippen LogP contribution in [0.15, 0.2) is 18.2 Å². The van der Waals surface area contributed by atoms with Crippen LogP contribution in [0, 0.1) is 11.3 Å². The Morgan fingerprint density at radius 3 is 2.87 bits per heavy atom. The van der Waals surface area contributed by atoms with Gasteiger partial charge in [-0.2, -0.15) is 5.26 Å². The minimum atomic E-state index is 0.176. The summed E-state index contributed by atoms with van der Waals surface area (Å²) in [5, 5.41) is 12.7. The third-order valence-electron chi connectivity index (χ3n) is 2.24. The molecule has 1 aromatic rings. The average molecular weight is 224 g/mol. The van der Waals surface area contributed by atoms with Crippen molar-refractivity contribution in [1.82, 2.24) is 0 Å². The second-order valence-electron chi connectivity index (χ2n) is 3.29. The first kappa shape index (κ1) is 11.8. The molecular weight excluding hydrogens is 210 g/mol. The van der Waals surface area contributed by atoms with Gasteiger partial charge in [0.1, 0.15) is 6.07 Å². The fourth-order valence-corrected chi connectivity index (χ4v) is 1.45. The summed E-state index contributed by atoms with van der Waals surface area (Å²) in [5.41, 5.74) is 6.92. The minimum absolute atomic E-state index is 0.176. The van der Waals surface area contributed by atoms with E-state index < -0.39 is 0 Å². The van der Waals surface area contributed by atoms with E-state index in [0.29, 0.717) is 17.1 Å². The molecule has 1 aromatic carbocycles. The third kappa shape index (κ3) is 3.12. The molecule has 0 radical (unpaired) electrons. The zero-order valence-electron chi connectivity index (χ0n) is 8.63. The number of nitrogens with two attached hydrogens (primary N) is 1. The Hall–Kier alpha value is -1.24. The standard InChI is InChI=1S/C11H14ClN3/c1-2-10(7-14)15-11-5-9(12)4-3-8(11)6-13/h3-5,10,15H,2,7,14H2,1H3. The van der Waals surface area contributed by atoms with Crippen LogP contribution >= 0.6 is 11.6 Å². The maximum absolute atomic E-state index is 8.90. The lowest BCUT2D eigenvalue weighted by molar-refractivity contribution is 0.703. The lowest BCUT2D eigenvalue weighted by Crippen LogP contribution is -2.28. The van der Waals surface area contributed by atoms with Crippen LogP contribution in [0.3, 0.4) is 0 Å². The van der Waals surface area contributed by atoms with Gasteiger partial charge < -0.3 is 11.1 Å². The van der Waals surface area contributed by atoms with Crippen molar-refractivity contribution in [1.29, 1.82) is 5.26 Å². The van der Waals surface area contributed by atoms with Crippen LogP contribution in [0.1, 0.15) is 18.9 Å². The molecule has 1 unspecified atom stereocenters. The first-order valence-electron chi connectivity index (χ1n) is 4.87. The zero-order valence-corrected chi connectivity index (χ0v) is 9.38. The van der Waals surface area contributed by atoms with Crippen LogP contribution in [0.4, 0.5) is 5.69 Å². The van der Waals surface area contributed by atoms with Gasteiger partial charge in [0.05, 0.1) is 11.3 Å². The molecule has 0 amide bonds. The fraction of sp³-hybridized carbons (Fsp3) is 0.364. The van der Waals surface area contributed by atoms with Crippen molar-refractivity contribution in [3.05, 3.63) is 28.8 Å². The Morgan fingerprint density at radius 1 is 1.60 bits per heavy atom. The van der Waals surface area contributed by atoms with Crippen LogP contribution in [0.5, 0.6) is 0 Å². The summed E-state index contributed by atoms with van der Waals surface area (Å²) >= 11 is 5.86. The normalized spacial score (nSPS) is 11.9. The molecule has 15 heavy (non-hydrogen) atoms. The molecule has 1 atom stereocenters. The predicted molar refractivity (Wildman–Crippen MR) is 62.9 cm³/mol. The van der Waals surface area contributed by atoms with E-state index in [4.69, 9.17) is 22.6 Å². The number of hydrogen-bond donors (Lipinski definition) is 2. The number of anilines is 1. The molecule has 3 nitrogen and oxygen atoms in total. The first-order valence-corrected chi connectivity index (χ1v) is 5.25. The monoisotopic (exact) mass is 223 g/mol. The molecule has 0 aliphatic carbocycles. The predicted octanol–water partition coefficient (Wildman–Crippen LogP) is 2.36. The Balaban J connectivity index is 2.92. The van der Waals surface area contributed by atoms with Crippen molar-refractivity contribution >= 4 is 17.3 Å². The molecule has 4 heteroatoms. The molecule has 0 aliphatic heterocycles. The van der Waals surface area contributed by atoms with E-state index in [0.717, 1.165) is 12.1 Å². The van der Waals surface area contributed by atoms with Crippen molar-refractivity contribution in [2.24, 2.45) is 5.73 Å². The van der Waals surface area contributed by atoms with E-state index in [1.165, 1.54) is 0 Å². The van der Waals surface area contributed by atoms with E-state index in [2.05, 4.69) is 11.4 Å². The highest BCUT2D eigenvalue weighted by atomic mass is 35.5. The largest absolute Gasteiger partial charge is 0.380 e. The average Bonchev–Trinajstić information content (AvgIpc) is 2.26. The zero-order chi connectivity index (χ0) is 11.3. The molecule has 0 fully saturated rings. The van der Waals surface area contributed by atoms with Gasteiger partial charge in [-0.1, -0.05) is 18.5 Å². The third-order valence-corrected chi connectivity index (χ3v) is 2.47. The number of nitrogens with zero attached hydrogens (tertiary/aromatic N) is 1. The van der Waals surface area contributed by atoms with Gasteiger partial charge >= 0.3 is 0 Å². The maximum atomic E-state index is 8.90. The van der Waals surface area contributed by atoms with Crippen LogP contribution in [0.25, 0.3) is 0 Å². The molecule has 0 heterocycles. The van der Waals surface area contributed by atoms with Crippen LogP contribution < -0.4 is 11.1 Å². The highest BCUT2D eigenvalue weighted by Crippen LogP contribution is 2.21. The highest BCUT2D eigenvalue weighted by molar-refractivity contribution is 6.30. The van der Waals surface area contributed by atoms with Gasteiger partial charge in [0.2, 0.25) is 0 Å². The van der Waals surface area contributed by atoms with E-state index in [1.807, 2.05) is 6.92 Å². The van der Waals surface area contributed by atoms with E-state index >= 15 is 0 Å². The molecule has 0 saturated carbocycles. The van der Waals surface area contributed by atoms with Gasteiger partial charge in [0.15, 0.2) is 0 Å². The summed E-state index contributed by atoms with van der Waals surface area (Å²) in [6.45, 7) is 2.58. The van der Waals surface area contributed by atoms with Crippen molar-refractivity contribution in [3.8, 4) is 6.07 Å². The van der Waals surface area contributed by atoms with Gasteiger partial charge in [-0.3, -0.25) is 0 Å². The van der Waals surface area contributed by atoms with E-state index in [9.17, 15) is 0 Å². The number of benzene rings is 1. The van der Waals surface area contributed by atoms with Crippen LogP contribution in [-0.4, -0.2) is 12.6 Å². The van der Waals surface area contributed by atoms with Crippen molar-refractivity contribution in [3.63, 3.8) is 0 Å². The molecule has 0 aliphatic rings. The number of nitriles is 1. The fourth-order valence-electron chi connectivity index (χ4n) is 1.28. The second kappa shape index (κ2) is 5.59. The minimum Gasteiger partial charge on any atom is -0.380 e. The van der Waals surface area contributed by atoms with Gasteiger partial charge in [-0.15, -0.1) is 0 Å². The molecule has 1 rings (SSSR count). The molecule has 80 valence electrons. The van der Waals surface area contributed by atoms with Gasteiger partial charge in [0.25, 0.3) is 0 Å². The summed E-state index contributed by atoms with van der Waals surface area (Å²) in [5.74, 6) is 0. The molecular formula is C11H14ClN3. The lowest BCUT2D eigenvalue weighted by atomic mass is 10.1. The van der Waals surface area contributed by atoms with Crippen molar-refractivity contribution in [2.45, 2.75) is 19.4 Å². The SMILES string of the molecule is CCC(CN)Nc1cc(Cl)ccc1C#N. The summed E-state index contributed by atoms with van der Waals surface area (Å²) in [6.07, 6.45) is 0.911. The summed E-state index contributed by atoms with van der Waals surface area (Å²) < 4.78 is 0. The number of nitrogens with one attached hydrogen (secondary N) is 1. The Kier molecular flexibility index (Phi) is 4.41. The van der Waals surface area contributed by atoms with E-state index in [1.54, 1.807) is 18.2 Å². The van der Waals surface area contributed by atoms with Gasteiger partial charge in [-0.05, 0) is 24.6 Å². The van der Waals surface area contributed by atoms with Gasteiger partial charge in [0, 0.05) is 17.6 Å². The first-order chi connectivity index (χ1) is 7.21. The van der Waals surface area contributed by atoms with Gasteiger partial charge in [-0.25, -0.2) is 0 Å². The summed E-state index contributed by atoms with van der Waals surface area (Å²) in [6, 6.07) is 7.44. The van der Waals surface area contributed by atoms with Crippen LogP contribution in [0.2, 0.25) is 5.02 Å². The van der Waals surface area contributed by atoms with Crippen molar-refractivity contribution < 1.29 is 0 Å². The summed E-state index contributed by atoms with van der Waals surface area (Å²) in [7, 11) is 0. The summed E-state index contributed by atoms with van der Waals surface area (Å²) in [4.78, 5) is 0. The highest BCUT2D eigenvalue weighted by Gasteiger charge is 2.07. The smallest absolute Gasteiger partial charge is 0.101 e.